The Balaban J connectivity index is 0.000000129. The quantitative estimate of drug-likeness (QED) is 0.232. The molecule has 15 heteroatoms. The normalized spacial score (nSPS) is 36.2. The highest BCUT2D eigenvalue weighted by Crippen LogP contribution is 2.66. The van der Waals surface area contributed by atoms with Crippen molar-refractivity contribution in [1.29, 1.82) is 0 Å². The molecular formula is C125H235F3N12. The van der Waals surface area contributed by atoms with Gasteiger partial charge in [0.25, 0.3) is 0 Å². The van der Waals surface area contributed by atoms with E-state index >= 15 is 0 Å². The monoisotopic (exact) mass is 1960 g/mol. The smallest absolute Gasteiger partial charge is 0.117 e. The van der Waals surface area contributed by atoms with E-state index in [9.17, 15) is 13.2 Å². The van der Waals surface area contributed by atoms with Crippen LogP contribution >= 0.6 is 0 Å². The van der Waals surface area contributed by atoms with Crippen molar-refractivity contribution in [3.63, 3.8) is 0 Å². The van der Waals surface area contributed by atoms with Crippen LogP contribution in [0.2, 0.25) is 0 Å². The molecule has 27 fully saturated rings. The molecule has 7 unspecified atom stereocenters. The Hall–Kier alpha value is -0.690. The van der Waals surface area contributed by atoms with Crippen LogP contribution in [-0.2, 0) is 0 Å². The standard InChI is InChI=1S/C12H22FN.C12H23N.C11H20FN.2C11H21N.C10H18FN.4C10H19N.2C9H17N/c1-10(2,3)14-7-5-12(6-8-14)9-11(12,4)13;1-11(2,3)13-9-8-12(10-13)6-4-5-7-12;1-9(2,3)13-7-11(8-13)5-10(4,12)6-11;1-11(2,3)12-8-9-4-6-10(12)7-5-9;1-10(2,3)12-8-6-11(4-5-11)7-9-12;1-9(2,3)12-5-7-8(6-12)10(7,4)11;1-10(2,3)11-6-8-4-9(5-8)7-11;1-10(2,3)11-7-8-4-5-9(11)6-8;1-9(2,3)11-7-6-10(8-11)4-5-10;1-10(2,3)11-8-4-5-9(11)7-6-8;1-9(2,3)10-5-7-4-8(7)6-10;1-9(2,3)10-6-7-4-8(10)5-7/h5-9H2,1-4H3;4-10H2,1-3H3;5-8H2,1-4H3;9-10H,4-8H2,1-3H3;4-9H2,1-3H3;7-8H,5-6H2,1-4H3;2*8-9H,4-7H2,1-3H3;4-8H2,1-3H3;8-9H,4-7H2,1-3H3;2*7-8H,4-6H2,1-3H3. The molecule has 11 aliphatic carbocycles. The largest absolute Gasteiger partial charge is 0.298 e. The summed E-state index contributed by atoms with van der Waals surface area (Å²) in [5.41, 5.74) is 4.72. The Morgan fingerprint density at radius 1 is 0.221 bits per heavy atom. The van der Waals surface area contributed by atoms with Crippen molar-refractivity contribution < 1.29 is 13.2 Å². The summed E-state index contributed by atoms with van der Waals surface area (Å²) in [6, 6.07) is 4.65. The van der Waals surface area contributed by atoms with Gasteiger partial charge in [-0.3, -0.25) is 58.8 Å². The summed E-state index contributed by atoms with van der Waals surface area (Å²) < 4.78 is 40.5. The van der Waals surface area contributed by atoms with E-state index in [0.29, 0.717) is 67.1 Å². The summed E-state index contributed by atoms with van der Waals surface area (Å²) in [6.45, 7) is 112. The van der Waals surface area contributed by atoms with Gasteiger partial charge in [0, 0.05) is 204 Å². The predicted octanol–water partition coefficient (Wildman–Crippen LogP) is 28.7. The van der Waals surface area contributed by atoms with Crippen molar-refractivity contribution in [3.8, 4) is 0 Å². The Morgan fingerprint density at radius 2 is 0.521 bits per heavy atom. The highest BCUT2D eigenvalue weighted by Gasteiger charge is 2.68. The Labute approximate surface area is 867 Å². The molecule has 27 rings (SSSR count). The van der Waals surface area contributed by atoms with E-state index < -0.39 is 17.0 Å². The lowest BCUT2D eigenvalue weighted by Crippen LogP contribution is -2.69. The first kappa shape index (κ1) is 116. The van der Waals surface area contributed by atoms with Crippen LogP contribution in [0.5, 0.6) is 0 Å². The van der Waals surface area contributed by atoms with Gasteiger partial charge in [-0.05, 0) is 566 Å². The fraction of sp³-hybridized carbons (Fsp3) is 1.00. The van der Waals surface area contributed by atoms with E-state index in [2.05, 4.69) is 308 Å². The maximum atomic E-state index is 13.7. The molecule has 12 nitrogen and oxygen atoms in total. The van der Waals surface area contributed by atoms with E-state index in [1.165, 1.54) is 265 Å². The van der Waals surface area contributed by atoms with Gasteiger partial charge < -0.3 is 0 Å². The summed E-state index contributed by atoms with van der Waals surface area (Å²) in [6.07, 6.45) is 46.1. The van der Waals surface area contributed by atoms with Crippen LogP contribution in [0.3, 0.4) is 0 Å². The fourth-order valence-electron chi connectivity index (χ4n) is 31.1. The van der Waals surface area contributed by atoms with Gasteiger partial charge in [0.05, 0.1) is 0 Å². The molecule has 0 amide bonds. The third-order valence-electron chi connectivity index (χ3n) is 41.8. The first-order chi connectivity index (χ1) is 63.8. The number of piperidine rings is 9. The lowest BCUT2D eigenvalue weighted by molar-refractivity contribution is -0.169. The Kier molecular flexibility index (Phi) is 34.9. The lowest BCUT2D eigenvalue weighted by Gasteiger charge is -2.63. The second-order valence-corrected chi connectivity index (χ2v) is 65.7. The molecule has 0 radical (unpaired) electrons. The minimum absolute atomic E-state index is 0.0642. The van der Waals surface area contributed by atoms with Gasteiger partial charge in [0.2, 0.25) is 0 Å². The summed E-state index contributed by atoms with van der Waals surface area (Å²) in [4.78, 5) is 31.4. The predicted molar refractivity (Wildman–Crippen MR) is 595 cm³/mol. The zero-order valence-electron chi connectivity index (χ0n) is 100. The van der Waals surface area contributed by atoms with Crippen molar-refractivity contribution in [2.24, 2.45) is 80.3 Å². The van der Waals surface area contributed by atoms with Gasteiger partial charge in [0.1, 0.15) is 17.0 Å². The molecular weight excluding hydrogens is 1730 g/mol. The number of hydrogen-bond acceptors (Lipinski definition) is 12. The molecule has 0 aromatic carbocycles. The molecule has 7 atom stereocenters. The molecule has 27 aliphatic rings. The molecule has 0 aromatic heterocycles. The van der Waals surface area contributed by atoms with E-state index in [1.807, 2.05) is 0 Å². The third-order valence-corrected chi connectivity index (χ3v) is 41.8. The summed E-state index contributed by atoms with van der Waals surface area (Å²) in [5.74, 6) is 8.05. The first-order valence-electron chi connectivity index (χ1n) is 60.0. The van der Waals surface area contributed by atoms with Crippen molar-refractivity contribution >= 4 is 0 Å². The van der Waals surface area contributed by atoms with Gasteiger partial charge in [-0.1, -0.05) is 12.8 Å². The van der Waals surface area contributed by atoms with Crippen LogP contribution in [0, 0.1) is 80.3 Å². The SMILES string of the molecule is CC(C)(C)N1C2CCC1CC2.CC(C)(C)N1CC2CC(C2)C1.CC(C)(C)N1CC2CC1C2.CC(C)(C)N1CC2CC2C1.CC(C)(C)N1CC2CCC1C2.CC(C)(C)N1CC2CCC1CC2.CC(C)(C)N1CCC2(CC1)CC2.CC(C)(C)N1CCC2(CC1)CC2(C)F.CC(C)(C)N1CCC2(CC2)C1.CC(C)(C)N1CCC2(CCCC2)C1.CC1(F)C2CN(C(C)(C)C)CC21.CC1(F)CC2(CN(C(C)(C)C)C2)C1. The van der Waals surface area contributed by atoms with Gasteiger partial charge in [0.15, 0.2) is 0 Å². The molecule has 140 heavy (non-hydrogen) atoms. The van der Waals surface area contributed by atoms with Crippen molar-refractivity contribution in [1.82, 2.24) is 58.8 Å². The Morgan fingerprint density at radius 3 is 0.793 bits per heavy atom. The number of likely N-dealkylation sites (tertiary alicyclic amines) is 8. The van der Waals surface area contributed by atoms with E-state index in [1.54, 1.807) is 20.8 Å². The van der Waals surface area contributed by atoms with Gasteiger partial charge in [-0.25, -0.2) is 13.2 Å². The number of alkyl halides is 3. The van der Waals surface area contributed by atoms with E-state index in [4.69, 9.17) is 0 Å². The second kappa shape index (κ2) is 42.0. The van der Waals surface area contributed by atoms with Crippen molar-refractivity contribution in [2.45, 2.75) is 596 Å². The minimum atomic E-state index is -0.857. The summed E-state index contributed by atoms with van der Waals surface area (Å²) >= 11 is 0. The number of halogens is 3. The van der Waals surface area contributed by atoms with Crippen LogP contribution in [0.15, 0.2) is 0 Å². The molecule has 10 bridgehead atoms. The first-order valence-corrected chi connectivity index (χ1v) is 60.0. The molecule has 16 saturated heterocycles. The van der Waals surface area contributed by atoms with Crippen LogP contribution in [0.1, 0.15) is 482 Å². The van der Waals surface area contributed by atoms with Crippen LogP contribution in [-0.4, -0.2) is 297 Å². The topological polar surface area (TPSA) is 38.9 Å². The number of rotatable bonds is 0. The maximum Gasteiger partial charge on any atom is 0.117 e. The molecule has 5 spiro atoms. The molecule has 0 N–H and O–H groups in total. The highest BCUT2D eigenvalue weighted by molar-refractivity contribution is 5.19. The number of fused-ring (bicyclic) bond motifs is 12. The molecule has 16 heterocycles. The Bertz CT molecular complexity index is 3780. The van der Waals surface area contributed by atoms with Crippen LogP contribution < -0.4 is 0 Å². The summed E-state index contributed by atoms with van der Waals surface area (Å²) in [5, 5.41) is 0. The maximum absolute atomic E-state index is 13.7. The summed E-state index contributed by atoms with van der Waals surface area (Å²) in [7, 11) is 0. The molecule has 16 aliphatic heterocycles. The molecule has 816 valence electrons. The highest BCUT2D eigenvalue weighted by atomic mass is 19.2. The van der Waals surface area contributed by atoms with Crippen molar-refractivity contribution in [3.05, 3.63) is 0 Å². The van der Waals surface area contributed by atoms with Crippen LogP contribution in [0.25, 0.3) is 0 Å². The zero-order chi connectivity index (χ0) is 104. The minimum Gasteiger partial charge on any atom is -0.298 e. The van der Waals surface area contributed by atoms with Crippen LogP contribution in [0.4, 0.5) is 13.2 Å². The molecule has 11 saturated carbocycles. The molecule has 0 aromatic rings. The third kappa shape index (κ3) is 29.9. The van der Waals surface area contributed by atoms with Gasteiger partial charge in [-0.15, -0.1) is 0 Å². The lowest BCUT2D eigenvalue weighted by atomic mass is 9.56. The fourth-order valence-corrected chi connectivity index (χ4v) is 31.1. The average Bonchev–Trinajstić information content (AvgIpc) is 1.57. The van der Waals surface area contributed by atoms with Gasteiger partial charge in [-0.2, -0.15) is 0 Å². The average molecular weight is 1960 g/mol. The second-order valence-electron chi connectivity index (χ2n) is 65.7. The van der Waals surface area contributed by atoms with Gasteiger partial charge >= 0.3 is 0 Å². The number of nitrogens with zero attached hydrogens (tertiary/aromatic N) is 12. The van der Waals surface area contributed by atoms with Crippen molar-refractivity contribution in [2.75, 3.05) is 124 Å². The number of hydrogen-bond donors (Lipinski definition) is 0. The van der Waals surface area contributed by atoms with E-state index in [0.717, 1.165) is 159 Å². The zero-order valence-corrected chi connectivity index (χ0v) is 100. The van der Waals surface area contributed by atoms with E-state index in [-0.39, 0.29) is 22.0 Å².